The monoisotopic (exact) mass is 315 g/mol. The molecule has 0 radical (unpaired) electrons. The highest BCUT2D eigenvalue weighted by Crippen LogP contribution is 2.23. The maximum atomic E-state index is 4.66. The second-order valence-electron chi connectivity index (χ2n) is 6.20. The van der Waals surface area contributed by atoms with Gasteiger partial charge in [-0.3, -0.25) is 9.30 Å². The molecule has 1 fully saturated rings. The molecule has 1 unspecified atom stereocenters. The van der Waals surface area contributed by atoms with Crippen LogP contribution < -0.4 is 0 Å². The number of aromatic nitrogens is 4. The molecule has 1 aliphatic rings. The van der Waals surface area contributed by atoms with Crippen molar-refractivity contribution >= 4 is 16.3 Å². The molecule has 0 aromatic carbocycles. The van der Waals surface area contributed by atoms with Gasteiger partial charge in [0.15, 0.2) is 4.96 Å². The van der Waals surface area contributed by atoms with E-state index >= 15 is 0 Å². The molecular formula is C16H21N5S. The van der Waals surface area contributed by atoms with Crippen LogP contribution >= 0.6 is 11.3 Å². The largest absolute Gasteiger partial charge is 0.337 e. The summed E-state index contributed by atoms with van der Waals surface area (Å²) in [6.07, 6.45) is 10.6. The number of piperidine rings is 1. The van der Waals surface area contributed by atoms with Crippen molar-refractivity contribution in [2.75, 3.05) is 13.1 Å². The van der Waals surface area contributed by atoms with E-state index in [1.54, 1.807) is 11.3 Å². The fourth-order valence-electron chi connectivity index (χ4n) is 3.48. The lowest BCUT2D eigenvalue weighted by molar-refractivity contribution is 0.154. The van der Waals surface area contributed by atoms with E-state index in [2.05, 4.69) is 48.5 Å². The molecule has 4 rings (SSSR count). The summed E-state index contributed by atoms with van der Waals surface area (Å²) in [5, 5.41) is 2.11. The summed E-state index contributed by atoms with van der Waals surface area (Å²) in [5.41, 5.74) is 2.52. The molecule has 3 aromatic heterocycles. The van der Waals surface area contributed by atoms with E-state index in [-0.39, 0.29) is 0 Å². The van der Waals surface area contributed by atoms with Crippen LogP contribution in [0, 0.1) is 12.8 Å². The number of thiazole rings is 1. The molecular weight excluding hydrogens is 294 g/mol. The first-order valence-corrected chi connectivity index (χ1v) is 8.76. The van der Waals surface area contributed by atoms with Crippen LogP contribution in [-0.2, 0) is 13.1 Å². The normalized spacial score (nSPS) is 20.0. The van der Waals surface area contributed by atoms with Crippen molar-refractivity contribution in [1.82, 2.24) is 23.8 Å². The third-order valence-corrected chi connectivity index (χ3v) is 5.32. The minimum Gasteiger partial charge on any atom is -0.337 e. The van der Waals surface area contributed by atoms with Gasteiger partial charge in [0, 0.05) is 43.6 Å². The van der Waals surface area contributed by atoms with Crippen molar-refractivity contribution in [3.05, 3.63) is 41.7 Å². The van der Waals surface area contributed by atoms with Gasteiger partial charge in [-0.15, -0.1) is 11.3 Å². The van der Waals surface area contributed by atoms with Crippen molar-refractivity contribution in [2.45, 2.75) is 32.9 Å². The first-order valence-electron chi connectivity index (χ1n) is 7.89. The Morgan fingerprint density at radius 1 is 1.36 bits per heavy atom. The highest BCUT2D eigenvalue weighted by atomic mass is 32.1. The SMILES string of the molecule is Cc1nc2sccn2c1CN1CCCC(Cn2ccnc2)C1. The van der Waals surface area contributed by atoms with Gasteiger partial charge in [0.2, 0.25) is 0 Å². The molecule has 0 saturated carbocycles. The van der Waals surface area contributed by atoms with Crippen LogP contribution in [0.15, 0.2) is 30.3 Å². The summed E-state index contributed by atoms with van der Waals surface area (Å²) < 4.78 is 4.45. The van der Waals surface area contributed by atoms with Gasteiger partial charge in [0.25, 0.3) is 0 Å². The molecule has 0 N–H and O–H groups in total. The Kier molecular flexibility index (Phi) is 3.72. The number of aryl methyl sites for hydroxylation is 1. The topological polar surface area (TPSA) is 38.4 Å². The third-order valence-electron chi connectivity index (χ3n) is 4.57. The molecule has 1 aliphatic heterocycles. The summed E-state index contributed by atoms with van der Waals surface area (Å²) >= 11 is 1.71. The molecule has 0 spiro atoms. The van der Waals surface area contributed by atoms with Crippen LogP contribution in [0.5, 0.6) is 0 Å². The van der Waals surface area contributed by atoms with Crippen molar-refractivity contribution in [2.24, 2.45) is 5.92 Å². The first-order chi connectivity index (χ1) is 10.8. The van der Waals surface area contributed by atoms with E-state index < -0.39 is 0 Å². The molecule has 6 heteroatoms. The molecule has 0 aliphatic carbocycles. The quantitative estimate of drug-likeness (QED) is 0.743. The van der Waals surface area contributed by atoms with Gasteiger partial charge < -0.3 is 4.57 Å². The van der Waals surface area contributed by atoms with Gasteiger partial charge in [0.1, 0.15) is 0 Å². The Morgan fingerprint density at radius 2 is 2.32 bits per heavy atom. The number of imidazole rings is 2. The standard InChI is InChI=1S/C16H21N5S/c1-13-15(21-7-8-22-16(21)18-13)11-19-5-2-3-14(9-19)10-20-6-4-17-12-20/h4,6-8,12,14H,2-3,5,9-11H2,1H3. The summed E-state index contributed by atoms with van der Waals surface area (Å²) in [7, 11) is 0. The van der Waals surface area contributed by atoms with Crippen molar-refractivity contribution in [3.8, 4) is 0 Å². The summed E-state index contributed by atoms with van der Waals surface area (Å²) in [4.78, 5) is 12.5. The molecule has 116 valence electrons. The Bertz CT molecular complexity index is 742. The van der Waals surface area contributed by atoms with Gasteiger partial charge >= 0.3 is 0 Å². The summed E-state index contributed by atoms with van der Waals surface area (Å²) in [5.74, 6) is 0.717. The maximum Gasteiger partial charge on any atom is 0.194 e. The number of nitrogens with zero attached hydrogens (tertiary/aromatic N) is 5. The lowest BCUT2D eigenvalue weighted by atomic mass is 9.97. The van der Waals surface area contributed by atoms with Gasteiger partial charge in [-0.25, -0.2) is 9.97 Å². The van der Waals surface area contributed by atoms with Crippen LogP contribution in [0.2, 0.25) is 0 Å². The van der Waals surface area contributed by atoms with Crippen LogP contribution in [0.3, 0.4) is 0 Å². The Morgan fingerprint density at radius 3 is 3.18 bits per heavy atom. The van der Waals surface area contributed by atoms with Gasteiger partial charge in [-0.05, 0) is 32.2 Å². The first kappa shape index (κ1) is 14.0. The van der Waals surface area contributed by atoms with Crippen LogP contribution in [0.1, 0.15) is 24.2 Å². The molecule has 1 saturated heterocycles. The second kappa shape index (κ2) is 5.85. The maximum absolute atomic E-state index is 4.66. The zero-order valence-electron chi connectivity index (χ0n) is 12.9. The second-order valence-corrected chi connectivity index (χ2v) is 7.08. The van der Waals surface area contributed by atoms with Gasteiger partial charge in [-0.1, -0.05) is 0 Å². The molecule has 0 amide bonds. The molecule has 22 heavy (non-hydrogen) atoms. The Hall–Kier alpha value is -1.66. The van der Waals surface area contributed by atoms with Crippen LogP contribution in [0.25, 0.3) is 4.96 Å². The highest BCUT2D eigenvalue weighted by Gasteiger charge is 2.22. The number of hydrogen-bond acceptors (Lipinski definition) is 4. The van der Waals surface area contributed by atoms with Crippen molar-refractivity contribution in [3.63, 3.8) is 0 Å². The van der Waals surface area contributed by atoms with E-state index in [0.717, 1.165) is 24.6 Å². The number of likely N-dealkylation sites (tertiary alicyclic amines) is 1. The zero-order valence-corrected chi connectivity index (χ0v) is 13.7. The van der Waals surface area contributed by atoms with E-state index in [1.165, 1.54) is 30.8 Å². The molecule has 5 nitrogen and oxygen atoms in total. The van der Waals surface area contributed by atoms with E-state index in [1.807, 2.05) is 12.5 Å². The lowest BCUT2D eigenvalue weighted by Crippen LogP contribution is -2.36. The fraction of sp³-hybridized carbons (Fsp3) is 0.500. The smallest absolute Gasteiger partial charge is 0.194 e. The highest BCUT2D eigenvalue weighted by molar-refractivity contribution is 7.15. The van der Waals surface area contributed by atoms with Gasteiger partial charge in [0.05, 0.1) is 17.7 Å². The minimum atomic E-state index is 0.717. The Balaban J connectivity index is 1.46. The number of fused-ring (bicyclic) bond motifs is 1. The third kappa shape index (κ3) is 2.68. The Labute approximate surface area is 134 Å². The number of hydrogen-bond donors (Lipinski definition) is 0. The van der Waals surface area contributed by atoms with Gasteiger partial charge in [-0.2, -0.15) is 0 Å². The molecule has 1 atom stereocenters. The molecule has 4 heterocycles. The van der Waals surface area contributed by atoms with E-state index in [9.17, 15) is 0 Å². The van der Waals surface area contributed by atoms with Crippen LogP contribution in [0.4, 0.5) is 0 Å². The lowest BCUT2D eigenvalue weighted by Gasteiger charge is -2.32. The predicted octanol–water partition coefficient (Wildman–Crippen LogP) is 2.81. The fourth-order valence-corrected chi connectivity index (χ4v) is 4.26. The van der Waals surface area contributed by atoms with Crippen molar-refractivity contribution < 1.29 is 0 Å². The zero-order chi connectivity index (χ0) is 14.9. The minimum absolute atomic E-state index is 0.717. The predicted molar refractivity (Wildman–Crippen MR) is 88.0 cm³/mol. The average Bonchev–Trinajstić information content (AvgIpc) is 3.21. The molecule has 0 bridgehead atoms. The number of rotatable bonds is 4. The summed E-state index contributed by atoms with van der Waals surface area (Å²) in [6.45, 7) is 6.56. The van der Waals surface area contributed by atoms with Crippen molar-refractivity contribution in [1.29, 1.82) is 0 Å². The summed E-state index contributed by atoms with van der Waals surface area (Å²) in [6, 6.07) is 0. The van der Waals surface area contributed by atoms with E-state index in [4.69, 9.17) is 0 Å². The molecule has 3 aromatic rings. The van der Waals surface area contributed by atoms with Crippen LogP contribution in [-0.4, -0.2) is 36.9 Å². The average molecular weight is 315 g/mol. The van der Waals surface area contributed by atoms with E-state index in [0.29, 0.717) is 5.92 Å².